The molecule has 1 aliphatic heterocycles. The van der Waals surface area contributed by atoms with E-state index in [1.807, 2.05) is 29.2 Å². The van der Waals surface area contributed by atoms with Gasteiger partial charge in [-0.05, 0) is 36.6 Å². The third-order valence-electron chi connectivity index (χ3n) is 4.04. The summed E-state index contributed by atoms with van der Waals surface area (Å²) in [5.41, 5.74) is 2.47. The minimum absolute atomic E-state index is 0.169. The highest BCUT2D eigenvalue weighted by Crippen LogP contribution is 2.33. The number of hydrogen-bond donors (Lipinski definition) is 1. The fraction of sp³-hybridized carbons (Fsp3) is 0.278. The van der Waals surface area contributed by atoms with Crippen LogP contribution in [0.25, 0.3) is 0 Å². The van der Waals surface area contributed by atoms with Gasteiger partial charge in [0.2, 0.25) is 5.91 Å². The largest absolute Gasteiger partial charge is 0.353 e. The lowest BCUT2D eigenvalue weighted by Gasteiger charge is -2.18. The molecule has 0 unspecified atom stereocenters. The quantitative estimate of drug-likeness (QED) is 0.851. The Morgan fingerprint density at radius 3 is 2.35 bits per heavy atom. The fourth-order valence-electron chi connectivity index (χ4n) is 2.79. The number of anilines is 2. The first-order chi connectivity index (χ1) is 11.1. The Kier molecular flexibility index (Phi) is 5.09. The molecule has 0 radical (unpaired) electrons. The van der Waals surface area contributed by atoms with E-state index in [1.54, 1.807) is 18.2 Å². The molecule has 0 aliphatic carbocycles. The molecule has 1 N–H and O–H groups in total. The number of likely N-dealkylation sites (tertiary alicyclic amines) is 1. The van der Waals surface area contributed by atoms with Gasteiger partial charge >= 0.3 is 0 Å². The molecule has 3 rings (SSSR count). The van der Waals surface area contributed by atoms with Crippen molar-refractivity contribution in [1.29, 1.82) is 0 Å². The van der Waals surface area contributed by atoms with Crippen molar-refractivity contribution in [2.45, 2.75) is 19.3 Å². The third kappa shape index (κ3) is 3.80. The second-order valence-electron chi connectivity index (χ2n) is 5.64. The van der Waals surface area contributed by atoms with Crippen LogP contribution < -0.4 is 5.32 Å². The summed E-state index contributed by atoms with van der Waals surface area (Å²) in [5, 5.41) is 4.38. The Labute approximate surface area is 146 Å². The van der Waals surface area contributed by atoms with Gasteiger partial charge in [-0.15, -0.1) is 0 Å². The van der Waals surface area contributed by atoms with Crippen LogP contribution in [0.2, 0.25) is 10.0 Å². The van der Waals surface area contributed by atoms with E-state index in [0.29, 0.717) is 22.2 Å². The lowest BCUT2D eigenvalue weighted by Crippen LogP contribution is -2.29. The van der Waals surface area contributed by atoms with Crippen molar-refractivity contribution in [3.8, 4) is 0 Å². The van der Waals surface area contributed by atoms with Crippen LogP contribution in [0.4, 0.5) is 11.4 Å². The van der Waals surface area contributed by atoms with Crippen molar-refractivity contribution in [2.24, 2.45) is 0 Å². The number of amides is 1. The van der Waals surface area contributed by atoms with E-state index in [2.05, 4.69) is 5.32 Å². The maximum Gasteiger partial charge on any atom is 0.227 e. The summed E-state index contributed by atoms with van der Waals surface area (Å²) in [5.74, 6) is 0.169. The van der Waals surface area contributed by atoms with Crippen LogP contribution in [0.5, 0.6) is 0 Å². The standard InChI is InChI=1S/C18H18Cl2N2O/c19-14-7-5-8-15(20)18(14)21-16-9-2-1-6-13(16)12-17(23)22-10-3-4-11-22/h1-2,5-9,21H,3-4,10-12H2. The predicted molar refractivity (Wildman–Crippen MR) is 95.7 cm³/mol. The summed E-state index contributed by atoms with van der Waals surface area (Å²) < 4.78 is 0. The van der Waals surface area contributed by atoms with Crippen LogP contribution in [-0.4, -0.2) is 23.9 Å². The Morgan fingerprint density at radius 2 is 1.65 bits per heavy atom. The molecule has 5 heteroatoms. The highest BCUT2D eigenvalue weighted by Gasteiger charge is 2.19. The summed E-state index contributed by atoms with van der Waals surface area (Å²) >= 11 is 12.4. The summed E-state index contributed by atoms with van der Waals surface area (Å²) in [6, 6.07) is 13.1. The van der Waals surface area contributed by atoms with E-state index in [4.69, 9.17) is 23.2 Å². The van der Waals surface area contributed by atoms with Gasteiger partial charge in [-0.2, -0.15) is 0 Å². The summed E-state index contributed by atoms with van der Waals surface area (Å²) in [6.07, 6.45) is 2.58. The van der Waals surface area contributed by atoms with Gasteiger partial charge in [-0.25, -0.2) is 0 Å². The summed E-state index contributed by atoms with van der Waals surface area (Å²) in [6.45, 7) is 1.73. The number of carbonyl (C=O) groups is 1. The number of para-hydroxylation sites is 2. The van der Waals surface area contributed by atoms with Gasteiger partial charge in [0.25, 0.3) is 0 Å². The lowest BCUT2D eigenvalue weighted by molar-refractivity contribution is -0.129. The van der Waals surface area contributed by atoms with Gasteiger partial charge in [0.15, 0.2) is 0 Å². The predicted octanol–water partition coefficient (Wildman–Crippen LogP) is 4.90. The zero-order chi connectivity index (χ0) is 16.2. The number of rotatable bonds is 4. The van der Waals surface area contributed by atoms with Crippen LogP contribution >= 0.6 is 23.2 Å². The maximum atomic E-state index is 12.4. The first-order valence-corrected chi connectivity index (χ1v) is 8.47. The van der Waals surface area contributed by atoms with Gasteiger partial charge in [0, 0.05) is 18.8 Å². The Balaban J connectivity index is 1.82. The molecule has 1 amide bonds. The number of nitrogens with zero attached hydrogens (tertiary/aromatic N) is 1. The van der Waals surface area contributed by atoms with Crippen molar-refractivity contribution in [2.75, 3.05) is 18.4 Å². The summed E-state index contributed by atoms with van der Waals surface area (Å²) in [4.78, 5) is 14.3. The van der Waals surface area contributed by atoms with E-state index in [9.17, 15) is 4.79 Å². The van der Waals surface area contributed by atoms with E-state index in [0.717, 1.165) is 37.2 Å². The number of carbonyl (C=O) groups excluding carboxylic acids is 1. The van der Waals surface area contributed by atoms with Gasteiger partial charge < -0.3 is 10.2 Å². The van der Waals surface area contributed by atoms with Crippen molar-refractivity contribution in [1.82, 2.24) is 4.90 Å². The molecular formula is C18H18Cl2N2O. The smallest absolute Gasteiger partial charge is 0.227 e. The molecule has 0 aromatic heterocycles. The lowest BCUT2D eigenvalue weighted by atomic mass is 10.1. The number of halogens is 2. The Bertz CT molecular complexity index is 692. The highest BCUT2D eigenvalue weighted by atomic mass is 35.5. The Hall–Kier alpha value is -1.71. The maximum absolute atomic E-state index is 12.4. The average molecular weight is 349 g/mol. The van der Waals surface area contributed by atoms with Crippen LogP contribution in [-0.2, 0) is 11.2 Å². The topological polar surface area (TPSA) is 32.3 Å². The van der Waals surface area contributed by atoms with Crippen molar-refractivity contribution >= 4 is 40.5 Å². The second kappa shape index (κ2) is 7.24. The molecule has 0 saturated carbocycles. The second-order valence-corrected chi connectivity index (χ2v) is 6.46. The van der Waals surface area contributed by atoms with Gasteiger partial charge in [0.05, 0.1) is 22.2 Å². The van der Waals surface area contributed by atoms with Crippen molar-refractivity contribution < 1.29 is 4.79 Å². The zero-order valence-corrected chi connectivity index (χ0v) is 14.2. The highest BCUT2D eigenvalue weighted by molar-refractivity contribution is 6.39. The molecule has 0 spiro atoms. The molecular weight excluding hydrogens is 331 g/mol. The molecule has 1 aliphatic rings. The van der Waals surface area contributed by atoms with Crippen LogP contribution in [0, 0.1) is 0 Å². The first-order valence-electron chi connectivity index (χ1n) is 7.72. The minimum Gasteiger partial charge on any atom is -0.353 e. The van der Waals surface area contributed by atoms with E-state index < -0.39 is 0 Å². The van der Waals surface area contributed by atoms with E-state index in [1.165, 1.54) is 0 Å². The number of benzene rings is 2. The normalized spacial score (nSPS) is 14.1. The molecule has 1 heterocycles. The monoisotopic (exact) mass is 348 g/mol. The molecule has 120 valence electrons. The fourth-order valence-corrected chi connectivity index (χ4v) is 3.28. The molecule has 3 nitrogen and oxygen atoms in total. The number of hydrogen-bond acceptors (Lipinski definition) is 2. The Morgan fingerprint density at radius 1 is 1.00 bits per heavy atom. The van der Waals surface area contributed by atoms with Gasteiger partial charge in [0.1, 0.15) is 0 Å². The zero-order valence-electron chi connectivity index (χ0n) is 12.7. The molecule has 0 atom stereocenters. The van der Waals surface area contributed by atoms with Gasteiger partial charge in [-0.1, -0.05) is 47.5 Å². The molecule has 2 aromatic rings. The van der Waals surface area contributed by atoms with E-state index >= 15 is 0 Å². The number of nitrogens with one attached hydrogen (secondary N) is 1. The molecule has 23 heavy (non-hydrogen) atoms. The van der Waals surface area contributed by atoms with Crippen LogP contribution in [0.15, 0.2) is 42.5 Å². The van der Waals surface area contributed by atoms with Crippen LogP contribution in [0.3, 0.4) is 0 Å². The average Bonchev–Trinajstić information content (AvgIpc) is 3.07. The molecule has 1 fully saturated rings. The van der Waals surface area contributed by atoms with Gasteiger partial charge in [-0.3, -0.25) is 4.79 Å². The minimum atomic E-state index is 0.169. The van der Waals surface area contributed by atoms with Crippen LogP contribution in [0.1, 0.15) is 18.4 Å². The molecule has 1 saturated heterocycles. The first kappa shape index (κ1) is 16.2. The van der Waals surface area contributed by atoms with Crippen molar-refractivity contribution in [3.63, 3.8) is 0 Å². The van der Waals surface area contributed by atoms with E-state index in [-0.39, 0.29) is 5.91 Å². The SMILES string of the molecule is O=C(Cc1ccccc1Nc1c(Cl)cccc1Cl)N1CCCC1. The third-order valence-corrected chi connectivity index (χ3v) is 4.67. The van der Waals surface area contributed by atoms with Crippen molar-refractivity contribution in [3.05, 3.63) is 58.1 Å². The summed E-state index contributed by atoms with van der Waals surface area (Å²) in [7, 11) is 0. The molecule has 0 bridgehead atoms. The molecule has 2 aromatic carbocycles.